The van der Waals surface area contributed by atoms with Crippen LogP contribution in [0.15, 0.2) is 12.1 Å². The molecule has 1 aliphatic carbocycles. The van der Waals surface area contributed by atoms with Gasteiger partial charge in [0.1, 0.15) is 12.6 Å². The first kappa shape index (κ1) is 35.5. The van der Waals surface area contributed by atoms with Crippen LogP contribution < -0.4 is 15.4 Å². The average Bonchev–Trinajstić information content (AvgIpc) is 3.33. The number of aliphatic hydroxyl groups excluding tert-OH is 1. The minimum atomic E-state index is -1.06. The number of hydrogen-bond acceptors (Lipinski definition) is 8. The SMILES string of the molecule is CN[C@@H](C)C(=O)N[C@H](C(=O)N1CCN(C(=O)c2c(OCCOCCOCCO)c3cc(F)c(F)cc3n2C)CC1)C1CCCCC1. The fraction of sp³-hybridized carbons (Fsp3) is 0.656. The minimum Gasteiger partial charge on any atom is -0.488 e. The lowest BCUT2D eigenvalue weighted by Crippen LogP contribution is -2.59. The van der Waals surface area contributed by atoms with Crippen LogP contribution in [0.3, 0.4) is 0 Å². The number of halogens is 2. The molecule has 12 nitrogen and oxygen atoms in total. The van der Waals surface area contributed by atoms with E-state index < -0.39 is 23.7 Å². The van der Waals surface area contributed by atoms with Gasteiger partial charge in [0.05, 0.1) is 44.6 Å². The highest BCUT2D eigenvalue weighted by molar-refractivity contribution is 6.04. The molecular formula is C32H47F2N5O7. The third-order valence-electron chi connectivity index (χ3n) is 8.87. The summed E-state index contributed by atoms with van der Waals surface area (Å²) in [5.41, 5.74) is 0.436. The number of carbonyl (C=O) groups excluding carboxylic acids is 3. The highest BCUT2D eigenvalue weighted by Gasteiger charge is 2.37. The van der Waals surface area contributed by atoms with Crippen molar-refractivity contribution in [2.45, 2.75) is 51.1 Å². The normalized spacial score (nSPS) is 17.3. The van der Waals surface area contributed by atoms with E-state index in [-0.39, 0.29) is 99.7 Å². The van der Waals surface area contributed by atoms with E-state index in [1.165, 1.54) is 4.57 Å². The highest BCUT2D eigenvalue weighted by atomic mass is 19.2. The van der Waals surface area contributed by atoms with Gasteiger partial charge < -0.3 is 44.3 Å². The number of amides is 3. The minimum absolute atomic E-state index is 0.0428. The van der Waals surface area contributed by atoms with Gasteiger partial charge in [-0.05, 0) is 38.8 Å². The molecule has 1 aromatic heterocycles. The molecule has 1 aromatic carbocycles. The molecule has 1 saturated carbocycles. The van der Waals surface area contributed by atoms with Crippen molar-refractivity contribution >= 4 is 28.6 Å². The number of aliphatic hydroxyl groups is 1. The van der Waals surface area contributed by atoms with E-state index >= 15 is 0 Å². The third-order valence-corrected chi connectivity index (χ3v) is 8.87. The van der Waals surface area contributed by atoms with Crippen molar-refractivity contribution in [2.75, 3.05) is 72.9 Å². The van der Waals surface area contributed by atoms with E-state index in [9.17, 15) is 23.2 Å². The highest BCUT2D eigenvalue weighted by Crippen LogP contribution is 2.35. The Morgan fingerprint density at radius 2 is 1.54 bits per heavy atom. The molecule has 2 atom stereocenters. The Kier molecular flexibility index (Phi) is 13.1. The number of aryl methyl sites for hydroxylation is 1. The Morgan fingerprint density at radius 3 is 2.20 bits per heavy atom. The first-order valence-electron chi connectivity index (χ1n) is 16.1. The Labute approximate surface area is 268 Å². The van der Waals surface area contributed by atoms with E-state index in [1.54, 1.807) is 30.8 Å². The van der Waals surface area contributed by atoms with Crippen molar-refractivity contribution in [3.8, 4) is 5.75 Å². The van der Waals surface area contributed by atoms with Crippen molar-refractivity contribution in [2.24, 2.45) is 13.0 Å². The molecule has 3 amide bonds. The molecule has 0 unspecified atom stereocenters. The lowest BCUT2D eigenvalue weighted by Gasteiger charge is -2.39. The zero-order valence-electron chi connectivity index (χ0n) is 27.0. The predicted molar refractivity (Wildman–Crippen MR) is 167 cm³/mol. The molecule has 2 aliphatic rings. The molecule has 1 aliphatic heterocycles. The monoisotopic (exact) mass is 651 g/mol. The summed E-state index contributed by atoms with van der Waals surface area (Å²) < 4.78 is 46.6. The molecule has 0 bridgehead atoms. The molecule has 46 heavy (non-hydrogen) atoms. The molecule has 0 radical (unpaired) electrons. The molecule has 2 heterocycles. The number of hydrogen-bond donors (Lipinski definition) is 3. The fourth-order valence-corrected chi connectivity index (χ4v) is 6.11. The summed E-state index contributed by atoms with van der Waals surface area (Å²) in [6, 6.07) is 0.988. The maximum Gasteiger partial charge on any atom is 0.274 e. The smallest absolute Gasteiger partial charge is 0.274 e. The second-order valence-corrected chi connectivity index (χ2v) is 11.8. The molecule has 3 N–H and O–H groups in total. The average molecular weight is 652 g/mol. The Morgan fingerprint density at radius 1 is 0.935 bits per heavy atom. The van der Waals surface area contributed by atoms with Gasteiger partial charge in [-0.1, -0.05) is 19.3 Å². The van der Waals surface area contributed by atoms with Gasteiger partial charge in [-0.3, -0.25) is 14.4 Å². The molecule has 14 heteroatoms. The van der Waals surface area contributed by atoms with Crippen LogP contribution in [0, 0.1) is 17.6 Å². The summed E-state index contributed by atoms with van der Waals surface area (Å²) in [6.07, 6.45) is 4.89. The summed E-state index contributed by atoms with van der Waals surface area (Å²) >= 11 is 0. The van der Waals surface area contributed by atoms with E-state index in [0.717, 1.165) is 44.2 Å². The molecular weight excluding hydrogens is 604 g/mol. The van der Waals surface area contributed by atoms with Crippen LogP contribution >= 0.6 is 0 Å². The largest absolute Gasteiger partial charge is 0.488 e. The first-order valence-corrected chi connectivity index (χ1v) is 16.1. The van der Waals surface area contributed by atoms with Crippen LogP contribution in [0.2, 0.25) is 0 Å². The topological polar surface area (TPSA) is 135 Å². The van der Waals surface area contributed by atoms with Crippen LogP contribution in [0.5, 0.6) is 5.75 Å². The van der Waals surface area contributed by atoms with Crippen molar-refractivity contribution in [1.82, 2.24) is 25.0 Å². The molecule has 0 spiro atoms. The summed E-state index contributed by atoms with van der Waals surface area (Å²) in [7, 11) is 3.29. The quantitative estimate of drug-likeness (QED) is 0.249. The Balaban J connectivity index is 1.46. The number of nitrogens with zero attached hydrogens (tertiary/aromatic N) is 3. The first-order chi connectivity index (χ1) is 22.2. The number of carbonyl (C=O) groups is 3. The second-order valence-electron chi connectivity index (χ2n) is 11.8. The molecule has 2 fully saturated rings. The number of aromatic nitrogens is 1. The number of piperazine rings is 1. The molecule has 1 saturated heterocycles. The lowest BCUT2D eigenvalue weighted by atomic mass is 9.83. The number of likely N-dealkylation sites (N-methyl/N-ethyl adjacent to an activating group) is 1. The van der Waals surface area contributed by atoms with E-state index in [1.807, 2.05) is 0 Å². The molecule has 256 valence electrons. The predicted octanol–water partition coefficient (Wildman–Crippen LogP) is 1.82. The number of rotatable bonds is 15. The third kappa shape index (κ3) is 8.52. The number of nitrogens with one attached hydrogen (secondary N) is 2. The second kappa shape index (κ2) is 17.0. The van der Waals surface area contributed by atoms with Crippen LogP contribution in [-0.2, 0) is 26.1 Å². The van der Waals surface area contributed by atoms with Gasteiger partial charge >= 0.3 is 0 Å². The summed E-state index contributed by atoms with van der Waals surface area (Å²) in [5.74, 6) is -2.68. The van der Waals surface area contributed by atoms with Crippen molar-refractivity contribution in [1.29, 1.82) is 0 Å². The van der Waals surface area contributed by atoms with Crippen molar-refractivity contribution in [3.05, 3.63) is 29.5 Å². The van der Waals surface area contributed by atoms with Gasteiger partial charge in [-0.15, -0.1) is 0 Å². The standard InChI is InChI=1S/C32H47F2N5O7/c1-21(35-2)30(41)36-27(22-7-5-4-6-8-22)31(42)38-9-11-39(12-10-38)32(43)28-29(46-18-17-45-16-15-44-14-13-40)23-19-24(33)25(34)20-26(23)37(28)3/h19-22,27,35,40H,4-18H2,1-3H3,(H,36,41)/t21-,27-/m0/s1. The number of fused-ring (bicyclic) bond motifs is 1. The lowest BCUT2D eigenvalue weighted by molar-refractivity contribution is -0.140. The maximum absolute atomic E-state index is 14.3. The van der Waals surface area contributed by atoms with E-state index in [4.69, 9.17) is 19.3 Å². The van der Waals surface area contributed by atoms with Crippen LogP contribution in [0.25, 0.3) is 10.9 Å². The van der Waals surface area contributed by atoms with E-state index in [0.29, 0.717) is 12.1 Å². The molecule has 2 aromatic rings. The zero-order chi connectivity index (χ0) is 33.2. The fourth-order valence-electron chi connectivity index (χ4n) is 6.11. The zero-order valence-corrected chi connectivity index (χ0v) is 27.0. The van der Waals surface area contributed by atoms with Crippen LogP contribution in [-0.4, -0.2) is 122 Å². The van der Waals surface area contributed by atoms with Gasteiger partial charge in [0, 0.05) is 44.7 Å². The Hall–Kier alpha value is -3.33. The van der Waals surface area contributed by atoms with Crippen LogP contribution in [0.1, 0.15) is 49.5 Å². The van der Waals surface area contributed by atoms with Gasteiger partial charge in [0.25, 0.3) is 5.91 Å². The van der Waals surface area contributed by atoms with Gasteiger partial charge in [-0.2, -0.15) is 0 Å². The van der Waals surface area contributed by atoms with Gasteiger partial charge in [0.15, 0.2) is 23.1 Å². The number of ether oxygens (including phenoxy) is 3. The number of benzene rings is 1. The maximum atomic E-state index is 14.3. The summed E-state index contributed by atoms with van der Waals surface area (Å²) in [4.78, 5) is 43.8. The Bertz CT molecular complexity index is 1340. The van der Waals surface area contributed by atoms with Gasteiger partial charge in [-0.25, -0.2) is 8.78 Å². The van der Waals surface area contributed by atoms with Crippen molar-refractivity contribution < 1.29 is 42.5 Å². The summed E-state index contributed by atoms with van der Waals surface area (Å²) in [6.45, 7) is 3.67. The van der Waals surface area contributed by atoms with Crippen LogP contribution in [0.4, 0.5) is 8.78 Å². The van der Waals surface area contributed by atoms with E-state index in [2.05, 4.69) is 10.6 Å². The van der Waals surface area contributed by atoms with Crippen molar-refractivity contribution in [3.63, 3.8) is 0 Å². The molecule has 4 rings (SSSR count). The van der Waals surface area contributed by atoms with Gasteiger partial charge in [0.2, 0.25) is 11.8 Å². The summed E-state index contributed by atoms with van der Waals surface area (Å²) in [5, 5.41) is 15.0.